The van der Waals surface area contributed by atoms with Crippen LogP contribution in [0.4, 0.5) is 4.79 Å². The molecule has 0 fully saturated rings. The van der Waals surface area contributed by atoms with Gasteiger partial charge in [0, 0.05) is 13.0 Å². The minimum absolute atomic E-state index is 0.00755. The molecule has 0 aliphatic rings. The maximum atomic E-state index is 10.8. The molecule has 1 aromatic rings. The van der Waals surface area contributed by atoms with Crippen molar-refractivity contribution in [1.82, 2.24) is 15.5 Å². The standard InChI is InChI=1S/C7H11N3O4/c11-3-4-13-7(12)8-2-1-6-9-5-10-14-6/h5,11H,1-4H2,(H,8,12). The van der Waals surface area contributed by atoms with Gasteiger partial charge in [0.05, 0.1) is 6.61 Å². The van der Waals surface area contributed by atoms with Crippen LogP contribution in [0.1, 0.15) is 5.89 Å². The van der Waals surface area contributed by atoms with E-state index in [9.17, 15) is 4.79 Å². The number of alkyl carbamates (subject to hydrolysis) is 1. The van der Waals surface area contributed by atoms with E-state index in [0.717, 1.165) is 0 Å². The lowest BCUT2D eigenvalue weighted by atomic mass is 10.4. The summed E-state index contributed by atoms with van der Waals surface area (Å²) in [7, 11) is 0. The van der Waals surface area contributed by atoms with Gasteiger partial charge in [0.2, 0.25) is 5.89 Å². The van der Waals surface area contributed by atoms with E-state index in [1.807, 2.05) is 0 Å². The molecule has 0 aliphatic heterocycles. The molecule has 7 nitrogen and oxygen atoms in total. The van der Waals surface area contributed by atoms with Crippen LogP contribution in [-0.4, -0.2) is 41.1 Å². The largest absolute Gasteiger partial charge is 0.447 e. The number of carbonyl (C=O) groups excluding carboxylic acids is 1. The van der Waals surface area contributed by atoms with Crippen LogP contribution in [-0.2, 0) is 11.2 Å². The quantitative estimate of drug-likeness (QED) is 0.655. The summed E-state index contributed by atoms with van der Waals surface area (Å²) >= 11 is 0. The molecular weight excluding hydrogens is 190 g/mol. The van der Waals surface area contributed by atoms with Crippen molar-refractivity contribution in [2.75, 3.05) is 19.8 Å². The third kappa shape index (κ3) is 3.85. The normalized spacial score (nSPS) is 9.79. The highest BCUT2D eigenvalue weighted by molar-refractivity contribution is 5.67. The van der Waals surface area contributed by atoms with Crippen molar-refractivity contribution in [1.29, 1.82) is 0 Å². The maximum Gasteiger partial charge on any atom is 0.407 e. The van der Waals surface area contributed by atoms with Crippen molar-refractivity contribution in [3.05, 3.63) is 12.2 Å². The molecule has 0 radical (unpaired) electrons. The van der Waals surface area contributed by atoms with E-state index in [1.54, 1.807) is 0 Å². The fourth-order valence-electron chi connectivity index (χ4n) is 0.767. The molecule has 2 N–H and O–H groups in total. The van der Waals surface area contributed by atoms with Gasteiger partial charge in [0.1, 0.15) is 6.61 Å². The molecule has 1 heterocycles. The van der Waals surface area contributed by atoms with Crippen LogP contribution in [0.15, 0.2) is 10.9 Å². The zero-order valence-electron chi connectivity index (χ0n) is 7.47. The molecule has 0 bridgehead atoms. The van der Waals surface area contributed by atoms with Gasteiger partial charge in [-0.1, -0.05) is 5.16 Å². The van der Waals surface area contributed by atoms with Crippen LogP contribution in [0.3, 0.4) is 0 Å². The Hall–Kier alpha value is -1.63. The van der Waals surface area contributed by atoms with Gasteiger partial charge < -0.3 is 19.7 Å². The van der Waals surface area contributed by atoms with E-state index in [4.69, 9.17) is 9.63 Å². The lowest BCUT2D eigenvalue weighted by Gasteiger charge is -2.03. The summed E-state index contributed by atoms with van der Waals surface area (Å²) in [4.78, 5) is 14.6. The molecule has 0 unspecified atom stereocenters. The fraction of sp³-hybridized carbons (Fsp3) is 0.571. The van der Waals surface area contributed by atoms with E-state index in [1.165, 1.54) is 6.33 Å². The number of amides is 1. The van der Waals surface area contributed by atoms with Gasteiger partial charge in [-0.2, -0.15) is 4.98 Å². The Morgan fingerprint density at radius 3 is 3.21 bits per heavy atom. The number of aliphatic hydroxyl groups excluding tert-OH is 1. The predicted octanol–water partition coefficient (Wildman–Crippen LogP) is -0.669. The van der Waals surface area contributed by atoms with Crippen LogP contribution in [0, 0.1) is 0 Å². The van der Waals surface area contributed by atoms with Crippen molar-refractivity contribution in [2.24, 2.45) is 0 Å². The summed E-state index contributed by atoms with van der Waals surface area (Å²) in [6.45, 7) is 0.163. The number of nitrogens with one attached hydrogen (secondary N) is 1. The molecule has 78 valence electrons. The third-order valence-corrected chi connectivity index (χ3v) is 1.34. The van der Waals surface area contributed by atoms with Gasteiger partial charge >= 0.3 is 6.09 Å². The monoisotopic (exact) mass is 201 g/mol. The summed E-state index contributed by atoms with van der Waals surface area (Å²) in [6, 6.07) is 0. The summed E-state index contributed by atoms with van der Waals surface area (Å²) in [6.07, 6.45) is 1.17. The van der Waals surface area contributed by atoms with Gasteiger partial charge in [0.25, 0.3) is 0 Å². The number of aliphatic hydroxyl groups is 1. The number of hydrogen-bond acceptors (Lipinski definition) is 6. The lowest BCUT2D eigenvalue weighted by molar-refractivity contribution is 0.119. The Labute approximate surface area is 80.1 Å². The first-order chi connectivity index (χ1) is 6.83. The second kappa shape index (κ2) is 5.92. The molecule has 0 spiro atoms. The third-order valence-electron chi connectivity index (χ3n) is 1.34. The zero-order chi connectivity index (χ0) is 10.2. The lowest BCUT2D eigenvalue weighted by Crippen LogP contribution is -2.27. The van der Waals surface area contributed by atoms with Gasteiger partial charge in [0.15, 0.2) is 6.33 Å². The maximum absolute atomic E-state index is 10.8. The summed E-state index contributed by atoms with van der Waals surface area (Å²) in [5, 5.41) is 14.2. The Morgan fingerprint density at radius 1 is 1.71 bits per heavy atom. The minimum Gasteiger partial charge on any atom is -0.447 e. The van der Waals surface area contributed by atoms with E-state index in [0.29, 0.717) is 18.9 Å². The first-order valence-corrected chi connectivity index (χ1v) is 4.10. The highest BCUT2D eigenvalue weighted by Crippen LogP contribution is 1.90. The predicted molar refractivity (Wildman–Crippen MR) is 44.4 cm³/mol. The number of ether oxygens (including phenoxy) is 1. The van der Waals surface area contributed by atoms with Crippen LogP contribution in [0.25, 0.3) is 0 Å². The number of aromatic nitrogens is 2. The Kier molecular flexibility index (Phi) is 4.42. The van der Waals surface area contributed by atoms with E-state index in [-0.39, 0.29) is 13.2 Å². The average molecular weight is 201 g/mol. The number of rotatable bonds is 5. The smallest absolute Gasteiger partial charge is 0.407 e. The molecule has 14 heavy (non-hydrogen) atoms. The Balaban J connectivity index is 2.06. The molecule has 1 aromatic heterocycles. The van der Waals surface area contributed by atoms with Crippen molar-refractivity contribution in [2.45, 2.75) is 6.42 Å². The Morgan fingerprint density at radius 2 is 2.57 bits per heavy atom. The van der Waals surface area contributed by atoms with Gasteiger partial charge in [-0.15, -0.1) is 0 Å². The van der Waals surface area contributed by atoms with Crippen molar-refractivity contribution >= 4 is 6.09 Å². The molecule has 0 aliphatic carbocycles. The number of hydrogen-bond donors (Lipinski definition) is 2. The highest BCUT2D eigenvalue weighted by Gasteiger charge is 2.02. The Bertz CT molecular complexity index is 262. The van der Waals surface area contributed by atoms with Gasteiger partial charge in [-0.3, -0.25) is 0 Å². The zero-order valence-corrected chi connectivity index (χ0v) is 7.47. The molecule has 7 heteroatoms. The second-order valence-corrected chi connectivity index (χ2v) is 2.37. The van der Waals surface area contributed by atoms with Gasteiger partial charge in [-0.05, 0) is 0 Å². The average Bonchev–Trinajstić information content (AvgIpc) is 2.67. The van der Waals surface area contributed by atoms with E-state index >= 15 is 0 Å². The summed E-state index contributed by atoms with van der Waals surface area (Å²) in [5.74, 6) is 0.451. The SMILES string of the molecule is O=C(NCCc1ncno1)OCCO. The van der Waals surface area contributed by atoms with Crippen molar-refractivity contribution < 1.29 is 19.2 Å². The highest BCUT2D eigenvalue weighted by atomic mass is 16.6. The van der Waals surface area contributed by atoms with Crippen LogP contribution in [0.5, 0.6) is 0 Å². The fourth-order valence-corrected chi connectivity index (χ4v) is 0.767. The molecule has 0 aromatic carbocycles. The molecule has 0 saturated carbocycles. The van der Waals surface area contributed by atoms with E-state index in [2.05, 4.69) is 20.2 Å². The van der Waals surface area contributed by atoms with E-state index < -0.39 is 6.09 Å². The molecule has 1 amide bonds. The van der Waals surface area contributed by atoms with Crippen LogP contribution >= 0.6 is 0 Å². The second-order valence-electron chi connectivity index (χ2n) is 2.37. The molecule has 1 rings (SSSR count). The number of carbonyl (C=O) groups is 1. The molecule has 0 atom stereocenters. The number of nitrogens with zero attached hydrogens (tertiary/aromatic N) is 2. The van der Waals surface area contributed by atoms with Crippen molar-refractivity contribution in [3.8, 4) is 0 Å². The summed E-state index contributed by atoms with van der Waals surface area (Å²) in [5.41, 5.74) is 0. The summed E-state index contributed by atoms with van der Waals surface area (Å²) < 4.78 is 9.25. The topological polar surface area (TPSA) is 97.5 Å². The van der Waals surface area contributed by atoms with Gasteiger partial charge in [-0.25, -0.2) is 4.79 Å². The van der Waals surface area contributed by atoms with Crippen LogP contribution in [0.2, 0.25) is 0 Å². The first kappa shape index (κ1) is 10.5. The molecular formula is C7H11N3O4. The van der Waals surface area contributed by atoms with Crippen LogP contribution < -0.4 is 5.32 Å². The first-order valence-electron chi connectivity index (χ1n) is 4.10. The minimum atomic E-state index is -0.571. The van der Waals surface area contributed by atoms with Crippen molar-refractivity contribution in [3.63, 3.8) is 0 Å². The molecule has 0 saturated heterocycles.